The smallest absolute Gasteiger partial charge is 0.144 e. The van der Waals surface area contributed by atoms with Gasteiger partial charge in [-0.2, -0.15) is 0 Å². The van der Waals surface area contributed by atoms with E-state index >= 15 is 0 Å². The molecule has 0 unspecified atom stereocenters. The number of carbonyl (C=O) groups is 1. The van der Waals surface area contributed by atoms with Crippen molar-refractivity contribution in [2.24, 2.45) is 0 Å². The highest BCUT2D eigenvalue weighted by Crippen LogP contribution is 2.32. The van der Waals surface area contributed by atoms with Crippen molar-refractivity contribution >= 4 is 35.2 Å². The largest absolute Gasteiger partial charge is 0.545 e. The molecule has 0 bridgehead atoms. The Morgan fingerprint density at radius 3 is 2.67 bits per heavy atom. The Labute approximate surface area is 96.9 Å². The van der Waals surface area contributed by atoms with E-state index in [1.165, 1.54) is 19.3 Å². The average Bonchev–Trinajstić information content (AvgIpc) is 2.13. The van der Waals surface area contributed by atoms with Gasteiger partial charge in [0, 0.05) is 10.6 Å². The van der Waals surface area contributed by atoms with E-state index in [0.29, 0.717) is 21.4 Å². The standard InChI is InChI=1S/C10H8Cl2O3/c1-15-10-6(2-3-9(13)14)4-7(11)5-8(10)12/h2-5H,1H3,(H,13,14)/p-1/b3-2+. The van der Waals surface area contributed by atoms with Gasteiger partial charge in [-0.25, -0.2) is 0 Å². The Bertz CT molecular complexity index is 413. The van der Waals surface area contributed by atoms with Crippen molar-refractivity contribution in [1.29, 1.82) is 0 Å². The van der Waals surface area contributed by atoms with Crippen LogP contribution in [0.1, 0.15) is 5.56 Å². The number of carbonyl (C=O) groups excluding carboxylic acids is 1. The van der Waals surface area contributed by atoms with Crippen molar-refractivity contribution in [2.75, 3.05) is 7.11 Å². The molecule has 0 aliphatic rings. The van der Waals surface area contributed by atoms with Crippen LogP contribution in [0.3, 0.4) is 0 Å². The van der Waals surface area contributed by atoms with Crippen LogP contribution in [0.2, 0.25) is 10.0 Å². The Balaban J connectivity index is 3.20. The minimum absolute atomic E-state index is 0.322. The summed E-state index contributed by atoms with van der Waals surface area (Å²) in [6, 6.07) is 3.06. The zero-order chi connectivity index (χ0) is 11.4. The SMILES string of the molecule is COc1c(Cl)cc(Cl)cc1/C=C/C(=O)[O-]. The van der Waals surface area contributed by atoms with Crippen LogP contribution < -0.4 is 9.84 Å². The lowest BCUT2D eigenvalue weighted by molar-refractivity contribution is -0.297. The summed E-state index contributed by atoms with van der Waals surface area (Å²) in [6.45, 7) is 0. The molecule has 0 heterocycles. The van der Waals surface area contributed by atoms with Gasteiger partial charge in [0.25, 0.3) is 0 Å². The summed E-state index contributed by atoms with van der Waals surface area (Å²) in [6.07, 6.45) is 2.19. The summed E-state index contributed by atoms with van der Waals surface area (Å²) < 4.78 is 5.01. The molecule has 1 rings (SSSR count). The summed E-state index contributed by atoms with van der Waals surface area (Å²) in [5.74, 6) is -0.924. The maximum atomic E-state index is 10.2. The fourth-order valence-electron chi connectivity index (χ4n) is 1.08. The second-order valence-corrected chi connectivity index (χ2v) is 3.51. The van der Waals surface area contributed by atoms with Crippen LogP contribution in [-0.4, -0.2) is 13.1 Å². The fraction of sp³-hybridized carbons (Fsp3) is 0.100. The van der Waals surface area contributed by atoms with E-state index in [0.717, 1.165) is 6.08 Å². The molecule has 1 aromatic carbocycles. The van der Waals surface area contributed by atoms with Gasteiger partial charge in [0.2, 0.25) is 0 Å². The van der Waals surface area contributed by atoms with Crippen molar-refractivity contribution < 1.29 is 14.6 Å². The molecule has 80 valence electrons. The van der Waals surface area contributed by atoms with Crippen molar-refractivity contribution in [3.05, 3.63) is 33.8 Å². The molecule has 1 aromatic rings. The summed E-state index contributed by atoms with van der Waals surface area (Å²) in [7, 11) is 1.44. The van der Waals surface area contributed by atoms with E-state index in [4.69, 9.17) is 27.9 Å². The molecular formula is C10H7Cl2O3-. The van der Waals surface area contributed by atoms with Gasteiger partial charge < -0.3 is 14.6 Å². The van der Waals surface area contributed by atoms with Crippen molar-refractivity contribution in [2.45, 2.75) is 0 Å². The number of methoxy groups -OCH3 is 1. The maximum absolute atomic E-state index is 10.2. The zero-order valence-electron chi connectivity index (χ0n) is 7.79. The Hall–Kier alpha value is -1.19. The molecule has 0 saturated carbocycles. The van der Waals surface area contributed by atoms with Gasteiger partial charge in [0.05, 0.1) is 18.1 Å². The van der Waals surface area contributed by atoms with E-state index in [1.807, 2.05) is 0 Å². The third-order valence-corrected chi connectivity index (χ3v) is 2.14. The number of carboxylic acids is 1. The highest BCUT2D eigenvalue weighted by atomic mass is 35.5. The summed E-state index contributed by atoms with van der Waals surface area (Å²) >= 11 is 11.6. The summed E-state index contributed by atoms with van der Waals surface area (Å²) in [5, 5.41) is 11.0. The summed E-state index contributed by atoms with van der Waals surface area (Å²) in [5.41, 5.74) is 0.485. The Kier molecular flexibility index (Phi) is 4.00. The van der Waals surface area contributed by atoms with Crippen molar-refractivity contribution in [3.8, 4) is 5.75 Å². The number of ether oxygens (including phenoxy) is 1. The monoisotopic (exact) mass is 245 g/mol. The van der Waals surface area contributed by atoms with Gasteiger partial charge in [-0.3, -0.25) is 0 Å². The first-order valence-electron chi connectivity index (χ1n) is 3.96. The lowest BCUT2D eigenvalue weighted by Crippen LogP contribution is -2.18. The van der Waals surface area contributed by atoms with Gasteiger partial charge in [0.1, 0.15) is 5.75 Å². The van der Waals surface area contributed by atoms with Gasteiger partial charge in [0.15, 0.2) is 0 Å². The lowest BCUT2D eigenvalue weighted by Gasteiger charge is -2.07. The first-order valence-corrected chi connectivity index (χ1v) is 4.72. The van der Waals surface area contributed by atoms with E-state index in [1.54, 1.807) is 6.07 Å². The minimum Gasteiger partial charge on any atom is -0.545 e. The van der Waals surface area contributed by atoms with Crippen LogP contribution in [0.15, 0.2) is 18.2 Å². The maximum Gasteiger partial charge on any atom is 0.144 e. The van der Waals surface area contributed by atoms with Gasteiger partial charge in [-0.15, -0.1) is 0 Å². The topological polar surface area (TPSA) is 49.4 Å². The molecule has 0 radical (unpaired) electrons. The fourth-order valence-corrected chi connectivity index (χ4v) is 1.66. The first kappa shape index (κ1) is 11.9. The molecule has 3 nitrogen and oxygen atoms in total. The molecule has 5 heteroatoms. The van der Waals surface area contributed by atoms with Gasteiger partial charge in [-0.1, -0.05) is 23.2 Å². The molecule has 0 atom stereocenters. The summed E-state index contributed by atoms with van der Waals surface area (Å²) in [4.78, 5) is 10.2. The molecule has 0 spiro atoms. The number of benzene rings is 1. The van der Waals surface area contributed by atoms with Crippen LogP contribution in [0.25, 0.3) is 6.08 Å². The van der Waals surface area contributed by atoms with Crippen LogP contribution in [0.5, 0.6) is 5.75 Å². The normalized spacial score (nSPS) is 10.6. The third kappa shape index (κ3) is 3.15. The lowest BCUT2D eigenvalue weighted by atomic mass is 10.2. The van der Waals surface area contributed by atoms with Gasteiger partial charge >= 0.3 is 0 Å². The predicted octanol–water partition coefficient (Wildman–Crippen LogP) is 1.77. The van der Waals surface area contributed by atoms with Crippen LogP contribution in [-0.2, 0) is 4.79 Å². The highest BCUT2D eigenvalue weighted by molar-refractivity contribution is 6.35. The molecule has 0 amide bonds. The zero-order valence-corrected chi connectivity index (χ0v) is 9.30. The number of halogens is 2. The quantitative estimate of drug-likeness (QED) is 0.763. The molecule has 0 fully saturated rings. The van der Waals surface area contributed by atoms with E-state index < -0.39 is 5.97 Å². The Morgan fingerprint density at radius 2 is 2.13 bits per heavy atom. The average molecular weight is 246 g/mol. The molecule has 0 saturated heterocycles. The van der Waals surface area contributed by atoms with E-state index in [9.17, 15) is 9.90 Å². The van der Waals surface area contributed by atoms with Crippen LogP contribution >= 0.6 is 23.2 Å². The second-order valence-electron chi connectivity index (χ2n) is 2.66. The van der Waals surface area contributed by atoms with Crippen LogP contribution in [0.4, 0.5) is 0 Å². The first-order chi connectivity index (χ1) is 7.04. The number of hydrogen-bond acceptors (Lipinski definition) is 3. The molecular weight excluding hydrogens is 239 g/mol. The van der Waals surface area contributed by atoms with Crippen LogP contribution in [0, 0.1) is 0 Å². The third-order valence-electron chi connectivity index (χ3n) is 1.64. The minimum atomic E-state index is -1.30. The van der Waals surface area contributed by atoms with E-state index in [-0.39, 0.29) is 0 Å². The number of carboxylic acid groups (broad SMARTS) is 1. The number of rotatable bonds is 3. The second kappa shape index (κ2) is 5.05. The number of aliphatic carboxylic acids is 1. The van der Waals surface area contributed by atoms with Crippen molar-refractivity contribution in [3.63, 3.8) is 0 Å². The Morgan fingerprint density at radius 1 is 1.47 bits per heavy atom. The molecule has 0 N–H and O–H groups in total. The molecule has 0 aliphatic carbocycles. The molecule has 0 aromatic heterocycles. The number of hydrogen-bond donors (Lipinski definition) is 0. The predicted molar refractivity (Wildman–Crippen MR) is 57.1 cm³/mol. The highest BCUT2D eigenvalue weighted by Gasteiger charge is 2.06. The molecule has 15 heavy (non-hydrogen) atoms. The van der Waals surface area contributed by atoms with E-state index in [2.05, 4.69) is 0 Å². The van der Waals surface area contributed by atoms with Gasteiger partial charge in [-0.05, 0) is 24.3 Å². The molecule has 0 aliphatic heterocycles. The van der Waals surface area contributed by atoms with Crippen molar-refractivity contribution in [1.82, 2.24) is 0 Å².